The molecule has 1 N–H and O–H groups in total. The van der Waals surface area contributed by atoms with Crippen molar-refractivity contribution in [1.29, 1.82) is 0 Å². The van der Waals surface area contributed by atoms with Gasteiger partial charge in [0.1, 0.15) is 18.1 Å². The number of fused-ring (bicyclic) bond motifs is 2. The minimum Gasteiger partial charge on any atom is -0.487 e. The maximum atomic E-state index is 14.2. The lowest BCUT2D eigenvalue weighted by Gasteiger charge is -2.42. The van der Waals surface area contributed by atoms with Crippen molar-refractivity contribution in [3.63, 3.8) is 0 Å². The highest BCUT2D eigenvalue weighted by atomic mass is 16.5. The lowest BCUT2D eigenvalue weighted by atomic mass is 9.77. The number of carboxylic acids is 1. The Kier molecular flexibility index (Phi) is 7.70. The molecule has 1 aliphatic carbocycles. The standard InChI is InChI=1S/C32H37N5O5/c1-20(2)37-17-23(33-34-37)19-42-28-13-7-9-21-14-15-36(31(39)25-11-5-6-12-26(25)32(40)41)27(29(21)28)18-35-16-22-8-3-4-10-24(22)30(35)38/h3-4,7-10,13,17,20,25-27H,5-6,11-12,14-16,18-19H2,1-2H3,(H,40,41)/t25?,26-,27-/m1/s1. The Labute approximate surface area is 245 Å². The molecule has 0 spiro atoms. The Morgan fingerprint density at radius 2 is 1.81 bits per heavy atom. The zero-order valence-electron chi connectivity index (χ0n) is 24.1. The number of rotatable bonds is 8. The summed E-state index contributed by atoms with van der Waals surface area (Å²) in [6, 6.07) is 13.2. The number of amides is 2. The van der Waals surface area contributed by atoms with E-state index in [9.17, 15) is 19.5 Å². The summed E-state index contributed by atoms with van der Waals surface area (Å²) in [6.45, 7) is 5.48. The fourth-order valence-corrected chi connectivity index (χ4v) is 6.71. The molecule has 3 aromatic rings. The van der Waals surface area contributed by atoms with Crippen molar-refractivity contribution >= 4 is 17.8 Å². The number of hydrogen-bond acceptors (Lipinski definition) is 6. The zero-order chi connectivity index (χ0) is 29.4. The van der Waals surface area contributed by atoms with E-state index in [4.69, 9.17) is 4.74 Å². The van der Waals surface area contributed by atoms with Crippen LogP contribution < -0.4 is 4.74 Å². The van der Waals surface area contributed by atoms with E-state index in [-0.39, 0.29) is 24.5 Å². The fraction of sp³-hybridized carbons (Fsp3) is 0.469. The van der Waals surface area contributed by atoms with E-state index in [0.717, 1.165) is 29.5 Å². The molecule has 3 aliphatic rings. The summed E-state index contributed by atoms with van der Waals surface area (Å²) in [6.07, 6.45) is 5.20. The van der Waals surface area contributed by atoms with E-state index in [1.807, 2.05) is 67.4 Å². The topological polar surface area (TPSA) is 118 Å². The average Bonchev–Trinajstić information content (AvgIpc) is 3.60. The molecule has 0 saturated heterocycles. The van der Waals surface area contributed by atoms with Gasteiger partial charge in [0.15, 0.2) is 0 Å². The van der Waals surface area contributed by atoms with Crippen LogP contribution in [0, 0.1) is 11.8 Å². The maximum absolute atomic E-state index is 14.2. The van der Waals surface area contributed by atoms with Crippen molar-refractivity contribution in [2.45, 2.75) is 71.2 Å². The normalized spacial score (nSPS) is 21.8. The highest BCUT2D eigenvalue weighted by Crippen LogP contribution is 2.41. The van der Waals surface area contributed by atoms with Crippen LogP contribution >= 0.6 is 0 Å². The molecule has 2 aromatic carbocycles. The second-order valence-corrected chi connectivity index (χ2v) is 11.9. The van der Waals surface area contributed by atoms with Gasteiger partial charge in [-0.1, -0.05) is 48.4 Å². The average molecular weight is 572 g/mol. The zero-order valence-corrected chi connectivity index (χ0v) is 24.1. The monoisotopic (exact) mass is 571 g/mol. The van der Waals surface area contributed by atoms with Crippen LogP contribution in [-0.4, -0.2) is 60.8 Å². The van der Waals surface area contributed by atoms with E-state index >= 15 is 0 Å². The molecule has 2 aliphatic heterocycles. The molecule has 6 rings (SSSR count). The van der Waals surface area contributed by atoms with Crippen LogP contribution in [0.15, 0.2) is 48.7 Å². The summed E-state index contributed by atoms with van der Waals surface area (Å²) >= 11 is 0. The second-order valence-electron chi connectivity index (χ2n) is 11.9. The Hall–Kier alpha value is -4.21. The van der Waals surface area contributed by atoms with Crippen molar-refractivity contribution in [1.82, 2.24) is 24.8 Å². The largest absolute Gasteiger partial charge is 0.487 e. The quantitative estimate of drug-likeness (QED) is 0.426. The van der Waals surface area contributed by atoms with Gasteiger partial charge in [-0.3, -0.25) is 14.4 Å². The Bertz CT molecular complexity index is 1500. The second kappa shape index (κ2) is 11.6. The summed E-state index contributed by atoms with van der Waals surface area (Å²) in [5, 5.41) is 18.4. The first-order chi connectivity index (χ1) is 20.3. The number of carbonyl (C=O) groups excluding carboxylic acids is 2. The number of aromatic nitrogens is 3. The maximum Gasteiger partial charge on any atom is 0.307 e. The third-order valence-corrected chi connectivity index (χ3v) is 8.92. The summed E-state index contributed by atoms with van der Waals surface area (Å²) in [7, 11) is 0. The molecular weight excluding hydrogens is 534 g/mol. The van der Waals surface area contributed by atoms with Crippen LogP contribution in [0.5, 0.6) is 5.75 Å². The molecule has 0 radical (unpaired) electrons. The SMILES string of the molecule is CC(C)n1cc(COc2cccc3c2[C@@H](CN2Cc4ccccc4C2=O)N(C(=O)C2CCCC[C@H]2C(=O)O)CC3)nn1. The molecule has 10 nitrogen and oxygen atoms in total. The minimum absolute atomic E-state index is 0.0603. The lowest BCUT2D eigenvalue weighted by molar-refractivity contribution is -0.153. The van der Waals surface area contributed by atoms with Gasteiger partial charge in [-0.25, -0.2) is 4.68 Å². The van der Waals surface area contributed by atoms with Crippen molar-refractivity contribution in [2.24, 2.45) is 11.8 Å². The van der Waals surface area contributed by atoms with Crippen LogP contribution in [0.1, 0.15) is 84.4 Å². The van der Waals surface area contributed by atoms with Gasteiger partial charge in [0.25, 0.3) is 5.91 Å². The van der Waals surface area contributed by atoms with E-state index in [2.05, 4.69) is 10.3 Å². The highest BCUT2D eigenvalue weighted by molar-refractivity contribution is 5.98. The number of carbonyl (C=O) groups is 3. The van der Waals surface area contributed by atoms with Crippen LogP contribution in [0.3, 0.4) is 0 Å². The van der Waals surface area contributed by atoms with E-state index in [1.54, 1.807) is 9.58 Å². The van der Waals surface area contributed by atoms with Crippen molar-refractivity contribution in [3.05, 3.63) is 76.6 Å². The Morgan fingerprint density at radius 1 is 1.05 bits per heavy atom. The van der Waals surface area contributed by atoms with Crippen molar-refractivity contribution in [3.8, 4) is 5.75 Å². The number of carboxylic acid groups (broad SMARTS) is 1. The molecule has 10 heteroatoms. The number of nitrogens with zero attached hydrogens (tertiary/aromatic N) is 5. The van der Waals surface area contributed by atoms with Gasteiger partial charge in [0, 0.05) is 36.8 Å². The fourth-order valence-electron chi connectivity index (χ4n) is 6.71. The lowest BCUT2D eigenvalue weighted by Crippen LogP contribution is -2.49. The molecule has 220 valence electrons. The van der Waals surface area contributed by atoms with Crippen LogP contribution in [0.2, 0.25) is 0 Å². The molecule has 1 unspecified atom stereocenters. The molecule has 1 saturated carbocycles. The molecule has 3 atom stereocenters. The summed E-state index contributed by atoms with van der Waals surface area (Å²) in [5.41, 5.74) is 4.28. The summed E-state index contributed by atoms with van der Waals surface area (Å²) in [4.78, 5) is 43.4. The minimum atomic E-state index is -0.911. The van der Waals surface area contributed by atoms with Gasteiger partial charge in [-0.2, -0.15) is 0 Å². The molecule has 0 bridgehead atoms. The molecule has 2 amide bonds. The van der Waals surface area contributed by atoms with E-state index in [0.29, 0.717) is 55.9 Å². The molecule has 3 heterocycles. The predicted octanol–water partition coefficient (Wildman–Crippen LogP) is 4.41. The highest BCUT2D eigenvalue weighted by Gasteiger charge is 2.43. The first-order valence-corrected chi connectivity index (χ1v) is 14.9. The third kappa shape index (κ3) is 5.26. The third-order valence-electron chi connectivity index (χ3n) is 8.92. The van der Waals surface area contributed by atoms with Gasteiger partial charge in [0.05, 0.1) is 24.1 Å². The molecule has 42 heavy (non-hydrogen) atoms. The van der Waals surface area contributed by atoms with Gasteiger partial charge < -0.3 is 19.6 Å². The van der Waals surface area contributed by atoms with Crippen LogP contribution in [-0.2, 0) is 29.2 Å². The molecular formula is C32H37N5O5. The first-order valence-electron chi connectivity index (χ1n) is 14.9. The van der Waals surface area contributed by atoms with Crippen LogP contribution in [0.4, 0.5) is 0 Å². The van der Waals surface area contributed by atoms with Gasteiger partial charge in [-0.05, 0) is 56.4 Å². The van der Waals surface area contributed by atoms with E-state index < -0.39 is 23.8 Å². The van der Waals surface area contributed by atoms with Gasteiger partial charge in [-0.15, -0.1) is 5.10 Å². The van der Waals surface area contributed by atoms with Crippen LogP contribution in [0.25, 0.3) is 0 Å². The van der Waals surface area contributed by atoms with Crippen molar-refractivity contribution in [2.75, 3.05) is 13.1 Å². The van der Waals surface area contributed by atoms with Gasteiger partial charge >= 0.3 is 5.97 Å². The van der Waals surface area contributed by atoms with Crippen molar-refractivity contribution < 1.29 is 24.2 Å². The molecule has 1 fully saturated rings. The summed E-state index contributed by atoms with van der Waals surface area (Å²) in [5.74, 6) is -1.75. The first kappa shape index (κ1) is 27.9. The predicted molar refractivity (Wildman–Crippen MR) is 154 cm³/mol. The Balaban J connectivity index is 1.34. The number of benzene rings is 2. The molecule has 1 aromatic heterocycles. The number of aliphatic carboxylic acids is 1. The number of hydrogen-bond donors (Lipinski definition) is 1. The summed E-state index contributed by atoms with van der Waals surface area (Å²) < 4.78 is 8.13. The van der Waals surface area contributed by atoms with Gasteiger partial charge in [0.2, 0.25) is 5.91 Å². The number of ether oxygens (including phenoxy) is 1. The smallest absolute Gasteiger partial charge is 0.307 e. The van der Waals surface area contributed by atoms with E-state index in [1.165, 1.54) is 0 Å². The Morgan fingerprint density at radius 3 is 2.55 bits per heavy atom.